The van der Waals surface area contributed by atoms with Crippen LogP contribution in [-0.4, -0.2) is 6.54 Å². The van der Waals surface area contributed by atoms with Gasteiger partial charge in [-0.15, -0.1) is 0 Å². The Balaban J connectivity index is 2.08. The maximum absolute atomic E-state index is 3.51. The van der Waals surface area contributed by atoms with Crippen molar-refractivity contribution in [1.29, 1.82) is 0 Å². The van der Waals surface area contributed by atoms with E-state index in [9.17, 15) is 0 Å². The molecule has 1 heterocycles. The molecule has 1 aromatic carbocycles. The molecule has 88 valence electrons. The summed E-state index contributed by atoms with van der Waals surface area (Å²) in [6.45, 7) is 10.3. The largest absolute Gasteiger partial charge is 0.384 e. The van der Waals surface area contributed by atoms with E-state index in [-0.39, 0.29) is 0 Å². The molecule has 2 rings (SSSR count). The van der Waals surface area contributed by atoms with Crippen LogP contribution in [0, 0.1) is 12.3 Å². The molecule has 1 aliphatic heterocycles. The average Bonchev–Trinajstić information content (AvgIpc) is 2.56. The van der Waals surface area contributed by atoms with Crippen molar-refractivity contribution in [2.24, 2.45) is 5.41 Å². The minimum Gasteiger partial charge on any atom is -0.384 e. The molecule has 16 heavy (non-hydrogen) atoms. The minimum absolute atomic E-state index is 0.451. The number of hydrogen-bond donors (Lipinski definition) is 1. The second-order valence-corrected chi connectivity index (χ2v) is 6.27. The summed E-state index contributed by atoms with van der Waals surface area (Å²) in [6.07, 6.45) is 2.60. The zero-order chi connectivity index (χ0) is 11.8. The van der Waals surface area contributed by atoms with Gasteiger partial charge in [0.15, 0.2) is 0 Å². The fraction of sp³-hybridized carbons (Fsp3) is 0.600. The molecule has 1 N–H and O–H groups in total. The standard InChI is InChI=1S/C15H23N/c1-11-5-6-14-13(9-11)12(10-16-14)7-8-15(2,3)4/h5-6,9,12,16H,7-8,10H2,1-4H3. The van der Waals surface area contributed by atoms with E-state index >= 15 is 0 Å². The number of nitrogens with one attached hydrogen (secondary N) is 1. The summed E-state index contributed by atoms with van der Waals surface area (Å²) in [5.74, 6) is 0.717. The van der Waals surface area contributed by atoms with Crippen LogP contribution in [0.4, 0.5) is 5.69 Å². The highest BCUT2D eigenvalue weighted by Gasteiger charge is 2.23. The van der Waals surface area contributed by atoms with Gasteiger partial charge in [-0.1, -0.05) is 38.5 Å². The third-order valence-electron chi connectivity index (χ3n) is 3.43. The summed E-state index contributed by atoms with van der Waals surface area (Å²) < 4.78 is 0. The molecule has 0 aromatic heterocycles. The van der Waals surface area contributed by atoms with Crippen molar-refractivity contribution in [2.75, 3.05) is 11.9 Å². The smallest absolute Gasteiger partial charge is 0.0376 e. The quantitative estimate of drug-likeness (QED) is 0.777. The maximum atomic E-state index is 3.51. The molecule has 1 aromatic rings. The van der Waals surface area contributed by atoms with Crippen molar-refractivity contribution in [3.8, 4) is 0 Å². The zero-order valence-corrected chi connectivity index (χ0v) is 10.9. The first-order valence-electron chi connectivity index (χ1n) is 6.30. The molecule has 0 bridgehead atoms. The third-order valence-corrected chi connectivity index (χ3v) is 3.43. The van der Waals surface area contributed by atoms with Gasteiger partial charge in [0.1, 0.15) is 0 Å². The lowest BCUT2D eigenvalue weighted by atomic mass is 9.85. The highest BCUT2D eigenvalue weighted by molar-refractivity contribution is 5.58. The van der Waals surface area contributed by atoms with Crippen molar-refractivity contribution in [3.63, 3.8) is 0 Å². The van der Waals surface area contributed by atoms with Crippen LogP contribution in [-0.2, 0) is 0 Å². The molecule has 0 radical (unpaired) electrons. The lowest BCUT2D eigenvalue weighted by Gasteiger charge is -2.20. The summed E-state index contributed by atoms with van der Waals surface area (Å²) in [6, 6.07) is 6.77. The first kappa shape index (κ1) is 11.5. The van der Waals surface area contributed by atoms with Gasteiger partial charge in [0.25, 0.3) is 0 Å². The van der Waals surface area contributed by atoms with Crippen LogP contribution >= 0.6 is 0 Å². The van der Waals surface area contributed by atoms with Crippen LogP contribution in [0.15, 0.2) is 18.2 Å². The Morgan fingerprint density at radius 1 is 1.31 bits per heavy atom. The number of benzene rings is 1. The lowest BCUT2D eigenvalue weighted by molar-refractivity contribution is 0.352. The molecular weight excluding hydrogens is 194 g/mol. The van der Waals surface area contributed by atoms with E-state index in [1.807, 2.05) is 0 Å². The van der Waals surface area contributed by atoms with E-state index in [0.29, 0.717) is 11.3 Å². The fourth-order valence-electron chi connectivity index (χ4n) is 2.39. The van der Waals surface area contributed by atoms with E-state index in [4.69, 9.17) is 0 Å². The van der Waals surface area contributed by atoms with Crippen molar-refractivity contribution >= 4 is 5.69 Å². The van der Waals surface area contributed by atoms with Crippen LogP contribution in [0.25, 0.3) is 0 Å². The SMILES string of the molecule is Cc1ccc2c(c1)C(CCC(C)(C)C)CN2. The molecule has 0 aliphatic carbocycles. The van der Waals surface area contributed by atoms with Gasteiger partial charge in [-0.05, 0) is 36.8 Å². The van der Waals surface area contributed by atoms with Gasteiger partial charge < -0.3 is 5.32 Å². The number of hydrogen-bond acceptors (Lipinski definition) is 1. The molecule has 0 saturated heterocycles. The highest BCUT2D eigenvalue weighted by Crippen LogP contribution is 2.37. The molecule has 0 spiro atoms. The van der Waals surface area contributed by atoms with Crippen molar-refractivity contribution < 1.29 is 0 Å². The minimum atomic E-state index is 0.451. The van der Waals surface area contributed by atoms with Crippen LogP contribution in [0.5, 0.6) is 0 Å². The summed E-state index contributed by atoms with van der Waals surface area (Å²) in [5, 5.41) is 3.51. The van der Waals surface area contributed by atoms with E-state index in [1.165, 1.54) is 29.7 Å². The topological polar surface area (TPSA) is 12.0 Å². The molecule has 1 unspecified atom stereocenters. The predicted octanol–water partition coefficient (Wildman–Crippen LogP) is 4.33. The van der Waals surface area contributed by atoms with Crippen molar-refractivity contribution in [3.05, 3.63) is 29.3 Å². The number of anilines is 1. The van der Waals surface area contributed by atoms with Gasteiger partial charge in [0, 0.05) is 18.2 Å². The molecule has 0 fully saturated rings. The predicted molar refractivity (Wildman–Crippen MR) is 71.1 cm³/mol. The zero-order valence-electron chi connectivity index (χ0n) is 10.9. The fourth-order valence-corrected chi connectivity index (χ4v) is 2.39. The average molecular weight is 217 g/mol. The Morgan fingerprint density at radius 3 is 2.75 bits per heavy atom. The van der Waals surface area contributed by atoms with Gasteiger partial charge in [-0.2, -0.15) is 0 Å². The van der Waals surface area contributed by atoms with E-state index < -0.39 is 0 Å². The van der Waals surface area contributed by atoms with Crippen molar-refractivity contribution in [2.45, 2.75) is 46.5 Å². The molecule has 1 heteroatoms. The summed E-state index contributed by atoms with van der Waals surface area (Å²) in [7, 11) is 0. The molecular formula is C15H23N. The monoisotopic (exact) mass is 217 g/mol. The number of rotatable bonds is 2. The van der Waals surface area contributed by atoms with Crippen LogP contribution in [0.3, 0.4) is 0 Å². The third kappa shape index (κ3) is 2.58. The van der Waals surface area contributed by atoms with E-state index in [2.05, 4.69) is 51.2 Å². The van der Waals surface area contributed by atoms with Crippen LogP contribution in [0.2, 0.25) is 0 Å². The van der Waals surface area contributed by atoms with E-state index in [1.54, 1.807) is 0 Å². The summed E-state index contributed by atoms with van der Waals surface area (Å²) >= 11 is 0. The molecule has 0 amide bonds. The maximum Gasteiger partial charge on any atom is 0.0376 e. The second kappa shape index (κ2) is 4.12. The van der Waals surface area contributed by atoms with Crippen LogP contribution in [0.1, 0.15) is 50.7 Å². The van der Waals surface area contributed by atoms with Crippen LogP contribution < -0.4 is 5.32 Å². The van der Waals surface area contributed by atoms with Crippen molar-refractivity contribution in [1.82, 2.24) is 0 Å². The Labute approximate surface area is 99.3 Å². The van der Waals surface area contributed by atoms with Gasteiger partial charge in [0.05, 0.1) is 0 Å². The van der Waals surface area contributed by atoms with Gasteiger partial charge in [0.2, 0.25) is 0 Å². The second-order valence-electron chi connectivity index (χ2n) is 6.27. The van der Waals surface area contributed by atoms with Gasteiger partial charge >= 0.3 is 0 Å². The Morgan fingerprint density at radius 2 is 2.06 bits per heavy atom. The Kier molecular flexibility index (Phi) is 2.96. The van der Waals surface area contributed by atoms with Gasteiger partial charge in [-0.25, -0.2) is 0 Å². The lowest BCUT2D eigenvalue weighted by Crippen LogP contribution is -2.09. The summed E-state index contributed by atoms with van der Waals surface area (Å²) in [4.78, 5) is 0. The highest BCUT2D eigenvalue weighted by atomic mass is 14.9. The number of fused-ring (bicyclic) bond motifs is 1. The molecule has 1 aliphatic rings. The first-order chi connectivity index (χ1) is 7.46. The number of aryl methyl sites for hydroxylation is 1. The first-order valence-corrected chi connectivity index (χ1v) is 6.30. The van der Waals surface area contributed by atoms with E-state index in [0.717, 1.165) is 6.54 Å². The normalized spacial score (nSPS) is 19.4. The van der Waals surface area contributed by atoms with Gasteiger partial charge in [-0.3, -0.25) is 0 Å². The Hall–Kier alpha value is -0.980. The molecule has 1 atom stereocenters. The Bertz CT molecular complexity index is 374. The molecule has 1 nitrogen and oxygen atoms in total. The summed E-state index contributed by atoms with van der Waals surface area (Å²) in [5.41, 5.74) is 4.71. The molecule has 0 saturated carbocycles.